The highest BCUT2D eigenvalue weighted by Gasteiger charge is 2.44. The number of hydrogen-bond acceptors (Lipinski definition) is 2. The number of benzene rings is 6. The lowest BCUT2D eigenvalue weighted by Gasteiger charge is -2.44. The second-order valence-electron chi connectivity index (χ2n) is 10.1. The Balaban J connectivity index is 1.51. The topological polar surface area (TPSA) is 18.5 Å². The summed E-state index contributed by atoms with van der Waals surface area (Å²) in [6, 6.07) is 54.0. The Bertz CT molecular complexity index is 1750. The van der Waals surface area contributed by atoms with Crippen molar-refractivity contribution in [2.45, 2.75) is 19.6 Å². The normalized spacial score (nSPS) is 13.2. The van der Waals surface area contributed by atoms with Gasteiger partial charge in [0.25, 0.3) is 6.71 Å². The molecule has 40 heavy (non-hydrogen) atoms. The summed E-state index contributed by atoms with van der Waals surface area (Å²) in [5.41, 5.74) is 3.45. The van der Waals surface area contributed by atoms with Gasteiger partial charge in [0.2, 0.25) is 0 Å². The second kappa shape index (κ2) is 9.22. The van der Waals surface area contributed by atoms with Crippen LogP contribution in [0.1, 0.15) is 0 Å². The van der Waals surface area contributed by atoms with E-state index in [0.29, 0.717) is 0 Å². The van der Waals surface area contributed by atoms with Gasteiger partial charge in [-0.15, -0.1) is 10.0 Å². The van der Waals surface area contributed by atoms with Gasteiger partial charge in [-0.1, -0.05) is 91.0 Å². The number of ether oxygens (including phenoxy) is 2. The predicted molar refractivity (Wildman–Crippen MR) is 164 cm³/mol. The fraction of sp³-hybridized carbons (Fsp3) is 0. The second-order valence-corrected chi connectivity index (χ2v) is 13.1. The minimum atomic E-state index is -1.94. The van der Waals surface area contributed by atoms with Gasteiger partial charge in [-0.25, -0.2) is 0 Å². The van der Waals surface area contributed by atoms with Crippen LogP contribution in [0.25, 0.3) is 0 Å². The molecule has 6 aromatic carbocycles. The third-order valence-corrected chi connectivity index (χ3v) is 11.8. The predicted octanol–water partition coefficient (Wildman–Crippen LogP) is 7.76. The van der Waals surface area contributed by atoms with E-state index in [0.717, 1.165) is 28.5 Å². The van der Waals surface area contributed by atoms with E-state index in [2.05, 4.69) is 146 Å². The highest BCUT2D eigenvalue weighted by molar-refractivity contribution is 8.34. The van der Waals surface area contributed by atoms with Crippen LogP contribution < -0.4 is 25.9 Å². The van der Waals surface area contributed by atoms with Crippen molar-refractivity contribution in [1.29, 1.82) is 0 Å². The molecule has 2 aliphatic heterocycles. The van der Waals surface area contributed by atoms with Crippen molar-refractivity contribution in [3.63, 3.8) is 0 Å². The highest BCUT2D eigenvalue weighted by Crippen LogP contribution is 2.75. The average molecular weight is 532 g/mol. The van der Waals surface area contributed by atoms with E-state index in [1.165, 1.54) is 30.5 Å². The Morgan fingerprint density at radius 1 is 0.400 bits per heavy atom. The smallest absolute Gasteiger partial charge is 0.260 e. The standard InChI is InChI=1S/C36H25BO2S/c1-4-14-26(15-5-1)40(27-16-6-2-7-17-27,28-18-8-3-9-19-28)34-25-24-33-35-36(34)39-32-23-13-11-21-30(32)37(35)29-20-10-12-22-31(29)38-33/h1-25H. The molecule has 4 heteroatoms. The van der Waals surface area contributed by atoms with Crippen LogP contribution in [0.4, 0.5) is 0 Å². The molecule has 0 amide bonds. The highest BCUT2D eigenvalue weighted by atomic mass is 32.3. The number of fused-ring (bicyclic) bond motifs is 4. The van der Waals surface area contributed by atoms with Gasteiger partial charge in [0.15, 0.2) is 0 Å². The van der Waals surface area contributed by atoms with E-state index in [9.17, 15) is 0 Å². The number of hydrogen-bond donors (Lipinski definition) is 0. The SMILES string of the molecule is c1ccc(S(c2ccccc2)(c2ccccc2)c2ccc3c4c2Oc2ccccc2B4c2ccccc2O3)cc1. The summed E-state index contributed by atoms with van der Waals surface area (Å²) < 4.78 is 13.5. The molecule has 0 radical (unpaired) electrons. The van der Waals surface area contributed by atoms with Crippen LogP contribution >= 0.6 is 10.0 Å². The monoisotopic (exact) mass is 532 g/mol. The van der Waals surface area contributed by atoms with E-state index >= 15 is 0 Å². The maximum absolute atomic E-state index is 6.98. The zero-order valence-corrected chi connectivity index (χ0v) is 22.6. The number of para-hydroxylation sites is 2. The molecule has 0 saturated heterocycles. The summed E-state index contributed by atoms with van der Waals surface area (Å²) in [4.78, 5) is 4.97. The third kappa shape index (κ3) is 3.33. The van der Waals surface area contributed by atoms with Gasteiger partial charge in [-0.2, -0.15) is 0 Å². The summed E-state index contributed by atoms with van der Waals surface area (Å²) >= 11 is 0. The first-order chi connectivity index (χ1) is 19.9. The maximum atomic E-state index is 6.98. The molecule has 0 fully saturated rings. The molecule has 2 nitrogen and oxygen atoms in total. The molecule has 2 aliphatic rings. The largest absolute Gasteiger partial charge is 0.458 e. The Kier molecular flexibility index (Phi) is 5.36. The van der Waals surface area contributed by atoms with Crippen molar-refractivity contribution in [3.05, 3.63) is 152 Å². The van der Waals surface area contributed by atoms with Crippen molar-refractivity contribution in [2.24, 2.45) is 0 Å². The zero-order valence-electron chi connectivity index (χ0n) is 21.7. The average Bonchev–Trinajstić information content (AvgIpc) is 3.03. The lowest BCUT2D eigenvalue weighted by Crippen LogP contribution is -2.57. The third-order valence-electron chi connectivity index (χ3n) is 7.92. The van der Waals surface area contributed by atoms with Crippen LogP contribution in [0, 0.1) is 0 Å². The molecule has 0 N–H and O–H groups in total. The molecule has 190 valence electrons. The van der Waals surface area contributed by atoms with E-state index in [-0.39, 0.29) is 6.71 Å². The van der Waals surface area contributed by atoms with Crippen LogP contribution in [0.15, 0.2) is 171 Å². The lowest BCUT2D eigenvalue weighted by atomic mass is 9.35. The van der Waals surface area contributed by atoms with Gasteiger partial charge in [0, 0.05) is 25.0 Å². The van der Waals surface area contributed by atoms with Gasteiger partial charge in [0.1, 0.15) is 23.0 Å². The summed E-state index contributed by atoms with van der Waals surface area (Å²) in [5.74, 6) is 3.57. The molecule has 8 rings (SSSR count). The van der Waals surface area contributed by atoms with E-state index in [4.69, 9.17) is 9.47 Å². The van der Waals surface area contributed by atoms with Gasteiger partial charge >= 0.3 is 0 Å². The van der Waals surface area contributed by atoms with Gasteiger partial charge < -0.3 is 9.47 Å². The molecule has 0 spiro atoms. The van der Waals surface area contributed by atoms with Crippen LogP contribution in [0.3, 0.4) is 0 Å². The first kappa shape index (κ1) is 23.2. The van der Waals surface area contributed by atoms with Crippen molar-refractivity contribution in [2.75, 3.05) is 0 Å². The molecule has 6 aromatic rings. The van der Waals surface area contributed by atoms with Crippen molar-refractivity contribution < 1.29 is 9.47 Å². The van der Waals surface area contributed by atoms with Crippen LogP contribution in [0.5, 0.6) is 23.0 Å². The minimum absolute atomic E-state index is 0.0271. The molecular weight excluding hydrogens is 507 g/mol. The zero-order chi connectivity index (χ0) is 26.5. The minimum Gasteiger partial charge on any atom is -0.458 e. The van der Waals surface area contributed by atoms with E-state index in [1.54, 1.807) is 0 Å². The molecule has 0 unspecified atom stereocenters. The summed E-state index contributed by atoms with van der Waals surface area (Å²) in [5, 5.41) is 0. The number of rotatable bonds is 4. The van der Waals surface area contributed by atoms with Crippen LogP contribution in [-0.4, -0.2) is 6.71 Å². The fourth-order valence-corrected chi connectivity index (χ4v) is 10.2. The first-order valence-corrected chi connectivity index (χ1v) is 15.2. The molecule has 0 aromatic heterocycles. The van der Waals surface area contributed by atoms with E-state index in [1.807, 2.05) is 6.07 Å². The first-order valence-electron chi connectivity index (χ1n) is 13.5. The van der Waals surface area contributed by atoms with Crippen molar-refractivity contribution >= 4 is 33.1 Å². The maximum Gasteiger partial charge on any atom is 0.260 e. The van der Waals surface area contributed by atoms with Gasteiger partial charge in [0.05, 0.1) is 0 Å². The summed E-state index contributed by atoms with van der Waals surface area (Å²) in [6.45, 7) is 0.0271. The van der Waals surface area contributed by atoms with Gasteiger partial charge in [-0.3, -0.25) is 0 Å². The molecule has 0 aliphatic carbocycles. The molecule has 0 saturated carbocycles. The van der Waals surface area contributed by atoms with Crippen LogP contribution in [0.2, 0.25) is 0 Å². The van der Waals surface area contributed by atoms with E-state index < -0.39 is 10.0 Å². The summed E-state index contributed by atoms with van der Waals surface area (Å²) in [7, 11) is -1.94. The summed E-state index contributed by atoms with van der Waals surface area (Å²) in [6.07, 6.45) is 0. The Labute approximate surface area is 236 Å². The fourth-order valence-electron chi connectivity index (χ4n) is 6.26. The Morgan fingerprint density at radius 3 is 1.38 bits per heavy atom. The molecule has 0 atom stereocenters. The van der Waals surface area contributed by atoms with Crippen molar-refractivity contribution in [1.82, 2.24) is 0 Å². The Hall–Kier alpha value is -4.67. The van der Waals surface area contributed by atoms with Crippen molar-refractivity contribution in [3.8, 4) is 23.0 Å². The van der Waals surface area contributed by atoms with Gasteiger partial charge in [-0.05, 0) is 71.6 Å². The van der Waals surface area contributed by atoms with Crippen LogP contribution in [-0.2, 0) is 0 Å². The molecular formula is C36H25BO2S. The lowest BCUT2D eigenvalue weighted by molar-refractivity contribution is 0.456. The molecule has 2 heterocycles. The Morgan fingerprint density at radius 2 is 0.850 bits per heavy atom. The quantitative estimate of drug-likeness (QED) is 0.216. The molecule has 0 bridgehead atoms.